The second-order valence-electron chi connectivity index (χ2n) is 6.19. The summed E-state index contributed by atoms with van der Waals surface area (Å²) in [7, 11) is 3.21. The topological polar surface area (TPSA) is 50.8 Å². The number of anilines is 2. The largest absolute Gasteiger partial charge is 0.493 e. The molecule has 5 nitrogen and oxygen atoms in total. The number of para-hydroxylation sites is 3. The van der Waals surface area contributed by atoms with Crippen molar-refractivity contribution in [1.29, 1.82) is 0 Å². The van der Waals surface area contributed by atoms with Crippen molar-refractivity contribution in [3.05, 3.63) is 84.4 Å². The van der Waals surface area contributed by atoms with Gasteiger partial charge in [-0.2, -0.15) is 0 Å². The molecule has 0 saturated carbocycles. The van der Waals surface area contributed by atoms with Gasteiger partial charge in [-0.1, -0.05) is 48.5 Å². The third-order valence-corrected chi connectivity index (χ3v) is 4.37. The van der Waals surface area contributed by atoms with E-state index in [0.29, 0.717) is 24.3 Å². The molecule has 0 heterocycles. The third kappa shape index (κ3) is 4.62. The summed E-state index contributed by atoms with van der Waals surface area (Å²) in [6.07, 6.45) is 0.864. The fourth-order valence-corrected chi connectivity index (χ4v) is 3.01. The number of nitrogens with zero attached hydrogens (tertiary/aromatic N) is 1. The Morgan fingerprint density at radius 2 is 1.43 bits per heavy atom. The van der Waals surface area contributed by atoms with Gasteiger partial charge in [-0.3, -0.25) is 15.2 Å². The minimum Gasteiger partial charge on any atom is -0.493 e. The van der Waals surface area contributed by atoms with E-state index in [1.807, 2.05) is 78.9 Å². The molecule has 3 rings (SSSR count). The van der Waals surface area contributed by atoms with Crippen LogP contribution in [0.5, 0.6) is 11.5 Å². The van der Waals surface area contributed by atoms with Crippen LogP contribution < -0.4 is 19.9 Å². The van der Waals surface area contributed by atoms with Gasteiger partial charge in [0.15, 0.2) is 11.5 Å². The average Bonchev–Trinajstić information content (AvgIpc) is 2.76. The molecule has 3 aromatic carbocycles. The highest BCUT2D eigenvalue weighted by molar-refractivity contribution is 5.81. The Labute approximate surface area is 165 Å². The van der Waals surface area contributed by atoms with E-state index in [4.69, 9.17) is 9.47 Å². The lowest BCUT2D eigenvalue weighted by Crippen LogP contribution is -2.39. The molecule has 0 aromatic heterocycles. The summed E-state index contributed by atoms with van der Waals surface area (Å²) in [5.74, 6) is 1.24. The third-order valence-electron chi connectivity index (χ3n) is 4.37. The van der Waals surface area contributed by atoms with Gasteiger partial charge in [0, 0.05) is 6.42 Å². The van der Waals surface area contributed by atoms with Crippen LogP contribution in [-0.4, -0.2) is 20.1 Å². The molecule has 3 aromatic rings. The molecule has 1 N–H and O–H groups in total. The first-order valence-electron chi connectivity index (χ1n) is 9.12. The van der Waals surface area contributed by atoms with Gasteiger partial charge in [0.2, 0.25) is 5.91 Å². The number of methoxy groups -OCH3 is 2. The predicted molar refractivity (Wildman–Crippen MR) is 111 cm³/mol. The number of ether oxygens (including phenoxy) is 2. The molecule has 1 amide bonds. The van der Waals surface area contributed by atoms with Crippen LogP contribution in [0.25, 0.3) is 0 Å². The fraction of sp³-hybridized carbons (Fsp3) is 0.174. The number of nitrogens with one attached hydrogen (secondary N) is 1. The smallest absolute Gasteiger partial charge is 0.239 e. The van der Waals surface area contributed by atoms with Gasteiger partial charge in [0.1, 0.15) is 0 Å². The van der Waals surface area contributed by atoms with Gasteiger partial charge in [-0.15, -0.1) is 0 Å². The fourth-order valence-electron chi connectivity index (χ4n) is 3.01. The normalized spacial score (nSPS) is 10.2. The monoisotopic (exact) mass is 376 g/mol. The molecular weight excluding hydrogens is 352 g/mol. The molecule has 0 fully saturated rings. The molecule has 0 aliphatic heterocycles. The van der Waals surface area contributed by atoms with Gasteiger partial charge in [-0.05, 0) is 42.3 Å². The summed E-state index contributed by atoms with van der Waals surface area (Å²) in [6.45, 7) is 0. The summed E-state index contributed by atoms with van der Waals surface area (Å²) in [4.78, 5) is 12.7. The van der Waals surface area contributed by atoms with E-state index in [1.165, 1.54) is 0 Å². The molecular formula is C23H24N2O3. The molecule has 0 aliphatic carbocycles. The van der Waals surface area contributed by atoms with Crippen LogP contribution in [0.1, 0.15) is 12.0 Å². The van der Waals surface area contributed by atoms with Gasteiger partial charge in [0.25, 0.3) is 0 Å². The lowest BCUT2D eigenvalue weighted by molar-refractivity contribution is -0.121. The first kappa shape index (κ1) is 19.3. The quantitative estimate of drug-likeness (QED) is 0.588. The standard InChI is InChI=1S/C23H24N2O3/c1-27-21-15-9-10-18(23(21)28-2)16-17-22(26)24-25(19-11-5-3-6-12-19)20-13-7-4-8-14-20/h3-15H,16-17H2,1-2H3,(H,24,26). The zero-order valence-corrected chi connectivity index (χ0v) is 16.1. The number of carbonyl (C=O) groups excluding carboxylic acids is 1. The zero-order chi connectivity index (χ0) is 19.8. The van der Waals surface area contributed by atoms with Crippen LogP contribution in [-0.2, 0) is 11.2 Å². The molecule has 5 heteroatoms. The Kier molecular flexibility index (Phi) is 6.52. The van der Waals surface area contributed by atoms with Crippen LogP contribution in [0, 0.1) is 0 Å². The van der Waals surface area contributed by atoms with Crippen molar-refractivity contribution in [2.45, 2.75) is 12.8 Å². The number of rotatable bonds is 8. The Hall–Kier alpha value is -3.47. The minimum absolute atomic E-state index is 0.0856. The lowest BCUT2D eigenvalue weighted by Gasteiger charge is -2.25. The number of carbonyl (C=O) groups is 1. The van der Waals surface area contributed by atoms with E-state index in [2.05, 4.69) is 5.43 Å². The average molecular weight is 376 g/mol. The lowest BCUT2D eigenvalue weighted by atomic mass is 10.1. The van der Waals surface area contributed by atoms with E-state index < -0.39 is 0 Å². The van der Waals surface area contributed by atoms with Crippen molar-refractivity contribution in [3.63, 3.8) is 0 Å². The van der Waals surface area contributed by atoms with Gasteiger partial charge >= 0.3 is 0 Å². The van der Waals surface area contributed by atoms with E-state index in [1.54, 1.807) is 19.2 Å². The first-order valence-corrected chi connectivity index (χ1v) is 9.12. The van der Waals surface area contributed by atoms with Gasteiger partial charge in [-0.25, -0.2) is 0 Å². The number of hydrogen-bond donors (Lipinski definition) is 1. The first-order chi connectivity index (χ1) is 13.7. The molecule has 0 atom stereocenters. The highest BCUT2D eigenvalue weighted by Crippen LogP contribution is 2.31. The number of hydrogen-bond acceptors (Lipinski definition) is 4. The maximum Gasteiger partial charge on any atom is 0.239 e. The van der Waals surface area contributed by atoms with Crippen molar-refractivity contribution in [3.8, 4) is 11.5 Å². The summed E-state index contributed by atoms with van der Waals surface area (Å²) >= 11 is 0. The van der Waals surface area contributed by atoms with Crippen molar-refractivity contribution >= 4 is 17.3 Å². The highest BCUT2D eigenvalue weighted by Gasteiger charge is 2.15. The number of amides is 1. The van der Waals surface area contributed by atoms with Crippen LogP contribution >= 0.6 is 0 Å². The zero-order valence-electron chi connectivity index (χ0n) is 16.1. The van der Waals surface area contributed by atoms with Gasteiger partial charge < -0.3 is 9.47 Å². The Balaban J connectivity index is 1.73. The summed E-state index contributed by atoms with van der Waals surface area (Å²) in [5, 5.41) is 1.80. The Bertz CT molecular complexity index is 859. The SMILES string of the molecule is COc1cccc(CCC(=O)NN(c2ccccc2)c2ccccc2)c1OC. The van der Waals surface area contributed by atoms with E-state index in [0.717, 1.165) is 16.9 Å². The maximum absolute atomic E-state index is 12.7. The minimum atomic E-state index is -0.0856. The highest BCUT2D eigenvalue weighted by atomic mass is 16.5. The molecule has 144 valence electrons. The molecule has 0 aliphatic rings. The second kappa shape index (κ2) is 9.46. The maximum atomic E-state index is 12.7. The van der Waals surface area contributed by atoms with Crippen LogP contribution in [0.3, 0.4) is 0 Å². The Morgan fingerprint density at radius 1 is 0.821 bits per heavy atom. The van der Waals surface area contributed by atoms with Crippen molar-refractivity contribution in [2.24, 2.45) is 0 Å². The van der Waals surface area contributed by atoms with E-state index in [9.17, 15) is 4.79 Å². The molecule has 0 bridgehead atoms. The number of hydrazine groups is 1. The van der Waals surface area contributed by atoms with Crippen LogP contribution in [0.4, 0.5) is 11.4 Å². The number of benzene rings is 3. The van der Waals surface area contributed by atoms with Crippen molar-refractivity contribution in [1.82, 2.24) is 5.43 Å². The second-order valence-corrected chi connectivity index (χ2v) is 6.19. The number of aryl methyl sites for hydroxylation is 1. The summed E-state index contributed by atoms with van der Waals surface area (Å²) < 4.78 is 10.8. The molecule has 28 heavy (non-hydrogen) atoms. The van der Waals surface area contributed by atoms with Crippen molar-refractivity contribution < 1.29 is 14.3 Å². The van der Waals surface area contributed by atoms with E-state index >= 15 is 0 Å². The molecule has 0 unspecified atom stereocenters. The van der Waals surface area contributed by atoms with Crippen LogP contribution in [0.2, 0.25) is 0 Å². The molecule has 0 radical (unpaired) electrons. The predicted octanol–water partition coefficient (Wildman–Crippen LogP) is 4.51. The van der Waals surface area contributed by atoms with Crippen LogP contribution in [0.15, 0.2) is 78.9 Å². The van der Waals surface area contributed by atoms with E-state index in [-0.39, 0.29) is 5.91 Å². The van der Waals surface area contributed by atoms with Gasteiger partial charge in [0.05, 0.1) is 25.6 Å². The van der Waals surface area contributed by atoms with Crippen molar-refractivity contribution in [2.75, 3.05) is 19.2 Å². The Morgan fingerprint density at radius 3 is 1.96 bits per heavy atom. The molecule has 0 saturated heterocycles. The summed E-state index contributed by atoms with van der Waals surface area (Å²) in [6, 6.07) is 25.2. The summed E-state index contributed by atoms with van der Waals surface area (Å²) in [5.41, 5.74) is 5.72. The molecule has 0 spiro atoms.